The Morgan fingerprint density at radius 1 is 0.903 bits per heavy atom. The number of carbonyl (C=O) groups is 1. The zero-order valence-corrected chi connectivity index (χ0v) is 21.9. The molecule has 188 valence electrons. The summed E-state index contributed by atoms with van der Waals surface area (Å²) >= 11 is 0. The van der Waals surface area contributed by atoms with Gasteiger partial charge in [-0.1, -0.05) is 41.5 Å². The van der Waals surface area contributed by atoms with Gasteiger partial charge in [0.2, 0.25) is 0 Å². The quantitative estimate of drug-likeness (QED) is 0.364. The van der Waals surface area contributed by atoms with Crippen LogP contribution in [0.2, 0.25) is 0 Å². The second-order valence-electron chi connectivity index (χ2n) is 7.92. The van der Waals surface area contributed by atoms with Crippen LogP contribution in [0.4, 0.5) is 0 Å². The van der Waals surface area contributed by atoms with Crippen LogP contribution in [0, 0.1) is 5.92 Å². The number of carboxylic acid groups (broad SMARTS) is 1. The Morgan fingerprint density at radius 3 is 1.39 bits per heavy atom. The van der Waals surface area contributed by atoms with Gasteiger partial charge in [-0.15, -0.1) is 0 Å². The van der Waals surface area contributed by atoms with Gasteiger partial charge in [-0.3, -0.25) is 9.79 Å². The van der Waals surface area contributed by atoms with E-state index in [1.165, 1.54) is 52.1 Å². The summed E-state index contributed by atoms with van der Waals surface area (Å²) in [5.41, 5.74) is 5.15. The number of aliphatic carboxylic acids is 1. The Balaban J connectivity index is -0.000000359. The van der Waals surface area contributed by atoms with Gasteiger partial charge in [-0.05, 0) is 59.0 Å². The number of amidine groups is 1. The highest BCUT2D eigenvalue weighted by molar-refractivity contribution is 5.77. The first-order chi connectivity index (χ1) is 14.6. The van der Waals surface area contributed by atoms with Crippen molar-refractivity contribution in [2.45, 2.75) is 93.6 Å². The molecule has 1 heterocycles. The highest BCUT2D eigenvalue weighted by Gasteiger charge is 2.14. The summed E-state index contributed by atoms with van der Waals surface area (Å²) in [6, 6.07) is 0. The topological polar surface area (TPSA) is 102 Å². The van der Waals surface area contributed by atoms with Gasteiger partial charge in [0.15, 0.2) is 0 Å². The third-order valence-electron chi connectivity index (χ3n) is 4.93. The molecule has 7 nitrogen and oxygen atoms in total. The highest BCUT2D eigenvalue weighted by atomic mass is 16.4. The van der Waals surface area contributed by atoms with E-state index < -0.39 is 5.97 Å². The minimum Gasteiger partial charge on any atom is -0.481 e. The van der Waals surface area contributed by atoms with Crippen LogP contribution in [0.5, 0.6) is 0 Å². The standard InChI is InChI=1S/C10H22N2.C5H10O2.C5H12O.C4H10N2/c1-3-5-11-7-9-12(6-4-2)10-8-11;1-3-4(2)5(6)7;1-3-5(6)4-2;1-3-6-4(2)5/h3-10H2,1-2H3;4H,3H2,1-2H3,(H,6,7);5-6H,3-4H2,1-2H3;3H2,1-2H3,(H2,5,6). The summed E-state index contributed by atoms with van der Waals surface area (Å²) < 4.78 is 0. The lowest BCUT2D eigenvalue weighted by Crippen LogP contribution is -2.46. The van der Waals surface area contributed by atoms with Crippen molar-refractivity contribution in [2.24, 2.45) is 16.6 Å². The molecule has 1 aliphatic rings. The van der Waals surface area contributed by atoms with Crippen LogP contribution in [0.1, 0.15) is 87.5 Å². The van der Waals surface area contributed by atoms with E-state index in [9.17, 15) is 4.79 Å². The molecule has 31 heavy (non-hydrogen) atoms. The SMILES string of the molecule is CCC(C)C(=O)O.CCC(O)CC.CCCN1CCN(CCC)CC1.CCN=C(C)N. The maximum atomic E-state index is 9.93. The number of aliphatic hydroxyl groups is 1. The van der Waals surface area contributed by atoms with E-state index in [0.717, 1.165) is 25.8 Å². The number of hydrogen-bond acceptors (Lipinski definition) is 5. The first-order valence-electron chi connectivity index (χ1n) is 12.2. The molecular formula is C24H54N4O3. The summed E-state index contributed by atoms with van der Waals surface area (Å²) in [7, 11) is 0. The zero-order valence-electron chi connectivity index (χ0n) is 21.9. The Kier molecular flexibility index (Phi) is 27.9. The monoisotopic (exact) mass is 446 g/mol. The molecule has 0 aromatic rings. The first kappa shape index (κ1) is 34.4. The number of aliphatic hydroxyl groups excluding tert-OH is 1. The van der Waals surface area contributed by atoms with Crippen LogP contribution < -0.4 is 5.73 Å². The molecule has 1 atom stereocenters. The second-order valence-corrected chi connectivity index (χ2v) is 7.92. The van der Waals surface area contributed by atoms with Crippen molar-refractivity contribution in [3.05, 3.63) is 0 Å². The van der Waals surface area contributed by atoms with Gasteiger partial charge in [0.25, 0.3) is 0 Å². The average Bonchev–Trinajstić information content (AvgIpc) is 2.75. The lowest BCUT2D eigenvalue weighted by Gasteiger charge is -2.34. The van der Waals surface area contributed by atoms with Gasteiger partial charge in [0.05, 0.1) is 17.9 Å². The molecule has 0 aromatic carbocycles. The maximum Gasteiger partial charge on any atom is 0.306 e. The van der Waals surface area contributed by atoms with Gasteiger partial charge in [0.1, 0.15) is 0 Å². The van der Waals surface area contributed by atoms with Crippen LogP contribution >= 0.6 is 0 Å². The van der Waals surface area contributed by atoms with Crippen LogP contribution in [0.25, 0.3) is 0 Å². The molecule has 1 saturated heterocycles. The van der Waals surface area contributed by atoms with Gasteiger partial charge < -0.3 is 25.7 Å². The normalized spacial score (nSPS) is 15.6. The van der Waals surface area contributed by atoms with E-state index in [0.29, 0.717) is 5.84 Å². The molecule has 0 radical (unpaired) electrons. The van der Waals surface area contributed by atoms with E-state index in [1.54, 1.807) is 13.8 Å². The second kappa shape index (κ2) is 25.1. The molecule has 1 unspecified atom stereocenters. The fraction of sp³-hybridized carbons (Fsp3) is 0.917. The zero-order chi connectivity index (χ0) is 24.7. The van der Waals surface area contributed by atoms with Crippen molar-refractivity contribution in [1.29, 1.82) is 0 Å². The van der Waals surface area contributed by atoms with Crippen molar-refractivity contribution < 1.29 is 15.0 Å². The van der Waals surface area contributed by atoms with Gasteiger partial charge in [-0.2, -0.15) is 0 Å². The number of hydrogen-bond donors (Lipinski definition) is 3. The summed E-state index contributed by atoms with van der Waals surface area (Å²) in [4.78, 5) is 18.9. The van der Waals surface area contributed by atoms with Crippen molar-refractivity contribution >= 4 is 11.8 Å². The first-order valence-corrected chi connectivity index (χ1v) is 12.2. The fourth-order valence-corrected chi connectivity index (χ4v) is 2.58. The number of carboxylic acids is 1. The molecule has 1 aliphatic heterocycles. The summed E-state index contributed by atoms with van der Waals surface area (Å²) in [5, 5.41) is 16.8. The molecule has 0 aromatic heterocycles. The number of piperazine rings is 1. The molecule has 1 rings (SSSR count). The number of aliphatic imine (C=N–C) groups is 1. The van der Waals surface area contributed by atoms with E-state index in [-0.39, 0.29) is 12.0 Å². The lowest BCUT2D eigenvalue weighted by molar-refractivity contribution is -0.141. The van der Waals surface area contributed by atoms with Crippen molar-refractivity contribution in [2.75, 3.05) is 45.8 Å². The Hall–Kier alpha value is -1.18. The molecule has 0 spiro atoms. The van der Waals surface area contributed by atoms with Crippen molar-refractivity contribution in [1.82, 2.24) is 9.80 Å². The Bertz CT molecular complexity index is 390. The van der Waals surface area contributed by atoms with Gasteiger partial charge >= 0.3 is 5.97 Å². The minimum absolute atomic E-state index is 0.0648. The van der Waals surface area contributed by atoms with Crippen molar-refractivity contribution in [3.63, 3.8) is 0 Å². The average molecular weight is 447 g/mol. The third-order valence-corrected chi connectivity index (χ3v) is 4.93. The fourth-order valence-electron chi connectivity index (χ4n) is 2.58. The molecule has 0 bridgehead atoms. The number of nitrogens with zero attached hydrogens (tertiary/aromatic N) is 3. The number of nitrogens with two attached hydrogens (primary N) is 1. The third kappa shape index (κ3) is 26.8. The van der Waals surface area contributed by atoms with E-state index in [2.05, 4.69) is 28.6 Å². The van der Waals surface area contributed by atoms with Crippen LogP contribution in [-0.2, 0) is 4.79 Å². The number of rotatable bonds is 9. The Labute approximate surface area is 193 Å². The molecule has 0 saturated carbocycles. The summed E-state index contributed by atoms with van der Waals surface area (Å²) in [5.74, 6) is -0.222. The molecule has 4 N–H and O–H groups in total. The molecule has 0 amide bonds. The predicted octanol–water partition coefficient (Wildman–Crippen LogP) is 4.09. The van der Waals surface area contributed by atoms with Crippen LogP contribution in [0.3, 0.4) is 0 Å². The largest absolute Gasteiger partial charge is 0.481 e. The van der Waals surface area contributed by atoms with Crippen LogP contribution in [-0.4, -0.2) is 83.7 Å². The molecule has 7 heteroatoms. The van der Waals surface area contributed by atoms with E-state index in [1.807, 2.05) is 27.7 Å². The molecule has 1 fully saturated rings. The summed E-state index contributed by atoms with van der Waals surface area (Å²) in [6.07, 6.45) is 5.02. The van der Waals surface area contributed by atoms with Gasteiger partial charge in [-0.25, -0.2) is 0 Å². The van der Waals surface area contributed by atoms with Crippen molar-refractivity contribution in [3.8, 4) is 0 Å². The maximum absolute atomic E-state index is 9.93. The smallest absolute Gasteiger partial charge is 0.306 e. The molecular weight excluding hydrogens is 392 g/mol. The predicted molar refractivity (Wildman–Crippen MR) is 135 cm³/mol. The van der Waals surface area contributed by atoms with E-state index in [4.69, 9.17) is 15.9 Å². The van der Waals surface area contributed by atoms with Crippen LogP contribution in [0.15, 0.2) is 4.99 Å². The van der Waals surface area contributed by atoms with E-state index >= 15 is 0 Å². The lowest BCUT2D eigenvalue weighted by atomic mass is 10.1. The Morgan fingerprint density at radius 2 is 1.29 bits per heavy atom. The van der Waals surface area contributed by atoms with Gasteiger partial charge in [0, 0.05) is 32.7 Å². The highest BCUT2D eigenvalue weighted by Crippen LogP contribution is 2.02. The minimum atomic E-state index is -0.706. The molecule has 0 aliphatic carbocycles. The summed E-state index contributed by atoms with van der Waals surface area (Å²) in [6.45, 7) is 24.3.